The third-order valence-electron chi connectivity index (χ3n) is 3.90. The number of aromatic amines is 1. The van der Waals surface area contributed by atoms with E-state index in [0.29, 0.717) is 5.69 Å². The number of aliphatic hydroxyl groups is 1. The predicted molar refractivity (Wildman–Crippen MR) is 100 cm³/mol. The second kappa shape index (κ2) is 11.5. The Balaban J connectivity index is 2.90. The normalized spacial score (nSPS) is 14.6. The van der Waals surface area contributed by atoms with Crippen molar-refractivity contribution in [3.8, 4) is 0 Å². The van der Waals surface area contributed by atoms with E-state index in [4.69, 9.17) is 11.5 Å². The Bertz CT molecular complexity index is 766. The number of carboxylic acids is 1. The average Bonchev–Trinajstić information content (AvgIpc) is 3.16. The summed E-state index contributed by atoms with van der Waals surface area (Å²) >= 11 is 0. The number of aromatic nitrogens is 2. The summed E-state index contributed by atoms with van der Waals surface area (Å²) in [5.41, 5.74) is 10.7. The predicted octanol–water partition coefficient (Wildman–Crippen LogP) is -4.29. The number of nitrogens with zero attached hydrogens (tertiary/aromatic N) is 1. The van der Waals surface area contributed by atoms with E-state index in [-0.39, 0.29) is 6.42 Å². The number of nitrogens with one attached hydrogen (secondary N) is 4. The lowest BCUT2D eigenvalue weighted by atomic mass is 10.1. The Morgan fingerprint density at radius 1 is 1.13 bits per heavy atom. The van der Waals surface area contributed by atoms with Crippen molar-refractivity contribution in [2.24, 2.45) is 11.5 Å². The van der Waals surface area contributed by atoms with E-state index in [1.165, 1.54) is 19.4 Å². The van der Waals surface area contributed by atoms with Gasteiger partial charge in [0.15, 0.2) is 0 Å². The fourth-order valence-corrected chi connectivity index (χ4v) is 2.40. The van der Waals surface area contributed by atoms with Crippen LogP contribution in [0.5, 0.6) is 0 Å². The zero-order chi connectivity index (χ0) is 22.8. The van der Waals surface area contributed by atoms with Crippen LogP contribution in [0.1, 0.15) is 19.0 Å². The van der Waals surface area contributed by atoms with Crippen LogP contribution in [-0.2, 0) is 30.4 Å². The van der Waals surface area contributed by atoms with Gasteiger partial charge >= 0.3 is 5.97 Å². The minimum atomic E-state index is -1.58. The van der Waals surface area contributed by atoms with Gasteiger partial charge in [0.05, 0.1) is 25.4 Å². The van der Waals surface area contributed by atoms with Gasteiger partial charge in [-0.1, -0.05) is 0 Å². The molecule has 0 aliphatic rings. The van der Waals surface area contributed by atoms with Crippen molar-refractivity contribution in [3.05, 3.63) is 18.2 Å². The van der Waals surface area contributed by atoms with Gasteiger partial charge in [-0.15, -0.1) is 0 Å². The highest BCUT2D eigenvalue weighted by molar-refractivity contribution is 5.95. The van der Waals surface area contributed by atoms with Gasteiger partial charge in [-0.05, 0) is 6.92 Å². The number of rotatable bonds is 12. The van der Waals surface area contributed by atoms with Crippen molar-refractivity contribution in [2.45, 2.75) is 44.0 Å². The van der Waals surface area contributed by atoms with Gasteiger partial charge in [0.2, 0.25) is 23.6 Å². The molecule has 0 saturated heterocycles. The molecule has 1 heterocycles. The van der Waals surface area contributed by atoms with Crippen molar-refractivity contribution in [3.63, 3.8) is 0 Å². The van der Waals surface area contributed by atoms with E-state index < -0.39 is 66.8 Å². The first kappa shape index (κ1) is 24.5. The molecule has 10 N–H and O–H groups in total. The number of carbonyl (C=O) groups is 5. The highest BCUT2D eigenvalue weighted by Gasteiger charge is 2.32. The van der Waals surface area contributed by atoms with E-state index in [1.54, 1.807) is 0 Å². The third kappa shape index (κ3) is 7.84. The van der Waals surface area contributed by atoms with Crippen molar-refractivity contribution in [1.82, 2.24) is 25.9 Å². The first-order valence-corrected chi connectivity index (χ1v) is 8.81. The summed E-state index contributed by atoms with van der Waals surface area (Å²) in [4.78, 5) is 65.5. The van der Waals surface area contributed by atoms with Crippen LogP contribution < -0.4 is 27.4 Å². The summed E-state index contributed by atoms with van der Waals surface area (Å²) < 4.78 is 0. The number of nitrogens with two attached hydrogens (primary N) is 2. The molecule has 0 aliphatic heterocycles. The van der Waals surface area contributed by atoms with Crippen LogP contribution in [0, 0.1) is 0 Å². The largest absolute Gasteiger partial charge is 0.480 e. The van der Waals surface area contributed by atoms with Gasteiger partial charge in [0.1, 0.15) is 18.1 Å². The zero-order valence-electron chi connectivity index (χ0n) is 16.1. The van der Waals surface area contributed by atoms with E-state index in [9.17, 15) is 34.2 Å². The second-order valence-corrected chi connectivity index (χ2v) is 6.40. The number of H-pyrrole nitrogens is 1. The molecule has 0 spiro atoms. The van der Waals surface area contributed by atoms with Gasteiger partial charge in [-0.25, -0.2) is 9.78 Å². The maximum absolute atomic E-state index is 12.5. The number of hydrogen-bond acceptors (Lipinski definition) is 8. The van der Waals surface area contributed by atoms with Crippen LogP contribution in [0.3, 0.4) is 0 Å². The van der Waals surface area contributed by atoms with Gasteiger partial charge in [-0.2, -0.15) is 0 Å². The molecule has 4 atom stereocenters. The molecule has 0 saturated carbocycles. The molecule has 166 valence electrons. The number of amides is 4. The van der Waals surface area contributed by atoms with Crippen LogP contribution in [-0.4, -0.2) is 80.6 Å². The molecule has 0 aromatic carbocycles. The Labute approximate surface area is 170 Å². The van der Waals surface area contributed by atoms with E-state index in [2.05, 4.69) is 25.9 Å². The fraction of sp³-hybridized carbons (Fsp3) is 0.500. The average molecular weight is 427 g/mol. The molecule has 0 fully saturated rings. The minimum absolute atomic E-state index is 0.127. The number of imidazole rings is 1. The molecule has 1 rings (SSSR count). The number of primary amides is 1. The van der Waals surface area contributed by atoms with Gasteiger partial charge in [0, 0.05) is 18.3 Å². The summed E-state index contributed by atoms with van der Waals surface area (Å²) in [5.74, 6) is -4.99. The maximum atomic E-state index is 12.5. The van der Waals surface area contributed by atoms with Crippen LogP contribution in [0.4, 0.5) is 0 Å². The molecule has 1 aromatic rings. The Kier molecular flexibility index (Phi) is 9.38. The van der Waals surface area contributed by atoms with E-state index in [1.807, 2.05) is 0 Å². The standard InChI is InChI=1S/C16H25N7O7/c1-7(24)13(23-14(27)9(3-11(18)25)21-12(26)4-17)15(28)22-10(16(29)30)2-8-5-19-6-20-8/h5-7,9-10,13,24H,2-4,17H2,1H3,(H2,18,25)(H,19,20)(H,21,26)(H,22,28)(H,23,27)(H,29,30). The third-order valence-corrected chi connectivity index (χ3v) is 3.90. The van der Waals surface area contributed by atoms with Crippen molar-refractivity contribution < 1.29 is 34.2 Å². The second-order valence-electron chi connectivity index (χ2n) is 6.40. The molecular weight excluding hydrogens is 402 g/mol. The molecule has 14 heteroatoms. The molecule has 0 radical (unpaired) electrons. The van der Waals surface area contributed by atoms with Crippen molar-refractivity contribution >= 4 is 29.6 Å². The van der Waals surface area contributed by atoms with Crippen LogP contribution in [0.2, 0.25) is 0 Å². The SMILES string of the molecule is CC(O)C(NC(=O)C(CC(N)=O)NC(=O)CN)C(=O)NC(Cc1cnc[nH]1)C(=O)O. The molecule has 4 amide bonds. The molecular formula is C16H25N7O7. The topological polar surface area (TPSA) is 243 Å². The first-order chi connectivity index (χ1) is 14.0. The fourth-order valence-electron chi connectivity index (χ4n) is 2.40. The molecule has 14 nitrogen and oxygen atoms in total. The van der Waals surface area contributed by atoms with Gasteiger partial charge in [-0.3, -0.25) is 19.2 Å². The summed E-state index contributed by atoms with van der Waals surface area (Å²) in [6, 6.07) is -4.39. The molecule has 1 aromatic heterocycles. The number of aliphatic carboxylic acids is 1. The van der Waals surface area contributed by atoms with Crippen LogP contribution >= 0.6 is 0 Å². The van der Waals surface area contributed by atoms with Crippen molar-refractivity contribution in [1.29, 1.82) is 0 Å². The van der Waals surface area contributed by atoms with Gasteiger partial charge in [0.25, 0.3) is 0 Å². The monoisotopic (exact) mass is 427 g/mol. The minimum Gasteiger partial charge on any atom is -0.480 e. The lowest BCUT2D eigenvalue weighted by Gasteiger charge is -2.25. The summed E-state index contributed by atoms with van der Waals surface area (Å²) in [5, 5.41) is 25.8. The Hall–Kier alpha value is -3.52. The highest BCUT2D eigenvalue weighted by Crippen LogP contribution is 2.03. The molecule has 0 aliphatic carbocycles. The molecule has 0 bridgehead atoms. The summed E-state index contributed by atoms with van der Waals surface area (Å²) in [6.45, 7) is 0.730. The van der Waals surface area contributed by atoms with E-state index >= 15 is 0 Å². The van der Waals surface area contributed by atoms with Crippen molar-refractivity contribution in [2.75, 3.05) is 6.54 Å². The molecule has 4 unspecified atom stereocenters. The lowest BCUT2D eigenvalue weighted by molar-refractivity contribution is -0.143. The lowest BCUT2D eigenvalue weighted by Crippen LogP contribution is -2.59. The summed E-state index contributed by atoms with van der Waals surface area (Å²) in [7, 11) is 0. The quantitative estimate of drug-likeness (QED) is 0.161. The summed E-state index contributed by atoms with van der Waals surface area (Å²) in [6.07, 6.45) is 0.574. The molecule has 30 heavy (non-hydrogen) atoms. The van der Waals surface area contributed by atoms with E-state index in [0.717, 1.165) is 0 Å². The van der Waals surface area contributed by atoms with Crippen LogP contribution in [0.15, 0.2) is 12.5 Å². The number of aliphatic hydroxyl groups excluding tert-OH is 1. The first-order valence-electron chi connectivity index (χ1n) is 8.81. The van der Waals surface area contributed by atoms with Gasteiger partial charge < -0.3 is 42.6 Å². The number of carboxylic acid groups (broad SMARTS) is 1. The number of carbonyl (C=O) groups excluding carboxylic acids is 4. The number of hydrogen-bond donors (Lipinski definition) is 8. The van der Waals surface area contributed by atoms with Crippen LogP contribution in [0.25, 0.3) is 0 Å². The highest BCUT2D eigenvalue weighted by atomic mass is 16.4. The smallest absolute Gasteiger partial charge is 0.326 e. The Morgan fingerprint density at radius 2 is 1.80 bits per heavy atom. The Morgan fingerprint density at radius 3 is 2.27 bits per heavy atom. The maximum Gasteiger partial charge on any atom is 0.326 e. The zero-order valence-corrected chi connectivity index (χ0v) is 16.1.